The van der Waals surface area contributed by atoms with Gasteiger partial charge in [0.2, 0.25) is 0 Å². The Labute approximate surface area is 140 Å². The Bertz CT molecular complexity index is 918. The first-order chi connectivity index (χ1) is 11.7. The highest BCUT2D eigenvalue weighted by Crippen LogP contribution is 2.31. The molecule has 0 bridgehead atoms. The molecule has 0 fully saturated rings. The van der Waals surface area contributed by atoms with Gasteiger partial charge in [-0.15, -0.1) is 15.3 Å². The van der Waals surface area contributed by atoms with Crippen LogP contribution in [0.25, 0.3) is 11.4 Å². The predicted octanol–water partition coefficient (Wildman–Crippen LogP) is 1.68. The van der Waals surface area contributed by atoms with E-state index in [1.54, 1.807) is 0 Å². The van der Waals surface area contributed by atoms with E-state index in [0.717, 1.165) is 30.0 Å². The van der Waals surface area contributed by atoms with Crippen molar-refractivity contribution < 1.29 is 21.6 Å². The molecule has 0 atom stereocenters. The molecule has 1 aliphatic carbocycles. The van der Waals surface area contributed by atoms with Crippen molar-refractivity contribution in [2.75, 3.05) is 0 Å². The van der Waals surface area contributed by atoms with E-state index in [4.69, 9.17) is 5.14 Å². The Hall–Kier alpha value is -2.34. The zero-order valence-electron chi connectivity index (χ0n) is 12.7. The van der Waals surface area contributed by atoms with Crippen LogP contribution in [0.5, 0.6) is 0 Å². The molecule has 0 saturated carbocycles. The molecule has 0 spiro atoms. The minimum atomic E-state index is -4.72. The Kier molecular flexibility index (Phi) is 4.33. The standard InChI is InChI=1S/C13H13F3N6O2S/c14-13(15,16)12-18-11(8-4-2-1-3-5-8)22(21-12)9-6-7-10(20-19-9)25(17,23)24/h4,6-7H,1-3,5H2,(H2,17,23,24). The molecule has 0 saturated heterocycles. The normalized spacial score (nSPS) is 15.9. The van der Waals surface area contributed by atoms with Crippen molar-refractivity contribution in [3.8, 4) is 5.82 Å². The van der Waals surface area contributed by atoms with Crippen LogP contribution in [0.4, 0.5) is 13.2 Å². The topological polar surface area (TPSA) is 117 Å². The van der Waals surface area contributed by atoms with E-state index in [-0.39, 0.29) is 11.6 Å². The molecular weight excluding hydrogens is 361 g/mol. The Balaban J connectivity index is 2.11. The molecule has 3 rings (SSSR count). The Morgan fingerprint density at radius 1 is 1.16 bits per heavy atom. The van der Waals surface area contributed by atoms with Gasteiger partial charge in [-0.3, -0.25) is 0 Å². The summed E-state index contributed by atoms with van der Waals surface area (Å²) in [6, 6.07) is 2.22. The van der Waals surface area contributed by atoms with E-state index in [9.17, 15) is 21.6 Å². The third-order valence-corrected chi connectivity index (χ3v) is 4.37. The fraction of sp³-hybridized carbons (Fsp3) is 0.385. The zero-order chi connectivity index (χ0) is 18.2. The summed E-state index contributed by atoms with van der Waals surface area (Å²) in [6.07, 6.45) is 0.181. The van der Waals surface area contributed by atoms with Crippen LogP contribution in [-0.2, 0) is 16.2 Å². The maximum Gasteiger partial charge on any atom is 0.453 e. The predicted molar refractivity (Wildman–Crippen MR) is 79.8 cm³/mol. The van der Waals surface area contributed by atoms with E-state index < -0.39 is 27.0 Å². The number of alkyl halides is 3. The van der Waals surface area contributed by atoms with Crippen LogP contribution in [0.15, 0.2) is 23.2 Å². The van der Waals surface area contributed by atoms with Gasteiger partial charge in [-0.2, -0.15) is 17.9 Å². The SMILES string of the molecule is NS(=O)(=O)c1ccc(-n2nc(C(F)(F)F)nc2C2=CCCCC2)nn1. The Morgan fingerprint density at radius 2 is 1.92 bits per heavy atom. The number of hydrogen-bond acceptors (Lipinski definition) is 6. The van der Waals surface area contributed by atoms with E-state index in [1.165, 1.54) is 6.07 Å². The number of rotatable bonds is 3. The number of aromatic nitrogens is 5. The van der Waals surface area contributed by atoms with Crippen molar-refractivity contribution in [2.24, 2.45) is 5.14 Å². The molecule has 134 valence electrons. The van der Waals surface area contributed by atoms with Gasteiger partial charge in [0.15, 0.2) is 16.7 Å². The number of hydrogen-bond donors (Lipinski definition) is 1. The van der Waals surface area contributed by atoms with Crippen molar-refractivity contribution in [3.63, 3.8) is 0 Å². The Morgan fingerprint density at radius 3 is 2.44 bits per heavy atom. The number of primary sulfonamides is 1. The molecule has 0 aromatic carbocycles. The lowest BCUT2D eigenvalue weighted by Crippen LogP contribution is -2.16. The molecule has 2 aromatic heterocycles. The second-order valence-corrected chi connectivity index (χ2v) is 6.93. The van der Waals surface area contributed by atoms with Crippen LogP contribution in [-0.4, -0.2) is 33.4 Å². The smallest absolute Gasteiger partial charge is 0.223 e. The first-order valence-electron chi connectivity index (χ1n) is 7.27. The first kappa shape index (κ1) is 17.5. The highest BCUT2D eigenvalue weighted by atomic mass is 32.2. The summed E-state index contributed by atoms with van der Waals surface area (Å²) in [7, 11) is -4.06. The van der Waals surface area contributed by atoms with Gasteiger partial charge in [-0.25, -0.2) is 18.5 Å². The summed E-state index contributed by atoms with van der Waals surface area (Å²) in [6.45, 7) is 0. The fourth-order valence-corrected chi connectivity index (χ4v) is 2.83. The van der Waals surface area contributed by atoms with Crippen molar-refractivity contribution in [2.45, 2.75) is 36.9 Å². The average Bonchev–Trinajstić information content (AvgIpc) is 3.00. The van der Waals surface area contributed by atoms with Crippen molar-refractivity contribution in [3.05, 3.63) is 29.9 Å². The van der Waals surface area contributed by atoms with Crippen molar-refractivity contribution in [1.29, 1.82) is 0 Å². The summed E-state index contributed by atoms with van der Waals surface area (Å²) >= 11 is 0. The molecule has 2 N–H and O–H groups in total. The van der Waals surface area contributed by atoms with E-state index in [2.05, 4.69) is 20.3 Å². The summed E-state index contributed by atoms with van der Waals surface area (Å²) < 4.78 is 62.3. The summed E-state index contributed by atoms with van der Waals surface area (Å²) in [4.78, 5) is 3.60. The number of sulfonamides is 1. The van der Waals surface area contributed by atoms with Crippen molar-refractivity contribution >= 4 is 15.6 Å². The molecule has 1 aliphatic rings. The van der Waals surface area contributed by atoms with E-state index >= 15 is 0 Å². The van der Waals surface area contributed by atoms with Gasteiger partial charge in [0.25, 0.3) is 15.8 Å². The van der Waals surface area contributed by atoms with Gasteiger partial charge in [-0.05, 0) is 43.4 Å². The van der Waals surface area contributed by atoms with Gasteiger partial charge in [0.05, 0.1) is 0 Å². The third-order valence-electron chi connectivity index (χ3n) is 3.57. The number of nitrogens with zero attached hydrogens (tertiary/aromatic N) is 5. The maximum absolute atomic E-state index is 13.0. The molecule has 0 aliphatic heterocycles. The number of allylic oxidation sites excluding steroid dienone is 2. The fourth-order valence-electron chi connectivity index (χ4n) is 2.42. The highest BCUT2D eigenvalue weighted by Gasteiger charge is 2.38. The first-order valence-corrected chi connectivity index (χ1v) is 8.81. The zero-order valence-corrected chi connectivity index (χ0v) is 13.5. The lowest BCUT2D eigenvalue weighted by molar-refractivity contribution is -0.144. The van der Waals surface area contributed by atoms with Crippen LogP contribution in [0.3, 0.4) is 0 Å². The summed E-state index contributed by atoms with van der Waals surface area (Å²) in [5, 5.41) is 15.0. The molecule has 2 aromatic rings. The second kappa shape index (κ2) is 6.19. The van der Waals surface area contributed by atoms with Gasteiger partial charge in [-0.1, -0.05) is 6.08 Å². The lowest BCUT2D eigenvalue weighted by Gasteiger charge is -2.12. The highest BCUT2D eigenvalue weighted by molar-refractivity contribution is 7.89. The minimum absolute atomic E-state index is 0.0182. The lowest BCUT2D eigenvalue weighted by atomic mass is 9.99. The summed E-state index contributed by atoms with van der Waals surface area (Å²) in [5.74, 6) is -1.37. The van der Waals surface area contributed by atoms with Crippen molar-refractivity contribution in [1.82, 2.24) is 25.0 Å². The molecule has 25 heavy (non-hydrogen) atoms. The third kappa shape index (κ3) is 3.69. The number of nitrogens with two attached hydrogens (primary N) is 1. The maximum atomic E-state index is 13.0. The van der Waals surface area contributed by atoms with Crippen LogP contribution < -0.4 is 5.14 Å². The van der Waals surface area contributed by atoms with Crippen LogP contribution in [0.1, 0.15) is 37.3 Å². The van der Waals surface area contributed by atoms with Gasteiger partial charge >= 0.3 is 6.18 Å². The van der Waals surface area contributed by atoms with Gasteiger partial charge in [0, 0.05) is 0 Å². The molecule has 0 unspecified atom stereocenters. The molecule has 0 radical (unpaired) electrons. The minimum Gasteiger partial charge on any atom is -0.223 e. The largest absolute Gasteiger partial charge is 0.453 e. The monoisotopic (exact) mass is 374 g/mol. The van der Waals surface area contributed by atoms with E-state index in [0.29, 0.717) is 12.0 Å². The van der Waals surface area contributed by atoms with Crippen LogP contribution in [0, 0.1) is 0 Å². The van der Waals surface area contributed by atoms with Crippen LogP contribution >= 0.6 is 0 Å². The van der Waals surface area contributed by atoms with Gasteiger partial charge < -0.3 is 0 Å². The number of halogens is 3. The molecule has 8 nitrogen and oxygen atoms in total. The molecule has 0 amide bonds. The second-order valence-electron chi connectivity index (χ2n) is 5.42. The van der Waals surface area contributed by atoms with Crippen LogP contribution in [0.2, 0.25) is 0 Å². The van der Waals surface area contributed by atoms with E-state index in [1.807, 2.05) is 6.08 Å². The summed E-state index contributed by atoms with van der Waals surface area (Å²) in [5.41, 5.74) is 0.631. The quantitative estimate of drug-likeness (QED) is 0.874. The average molecular weight is 374 g/mol. The molecule has 12 heteroatoms. The van der Waals surface area contributed by atoms with Gasteiger partial charge in [0.1, 0.15) is 0 Å². The molecular formula is C13H13F3N6O2S. The molecule has 2 heterocycles.